The molecule has 14 rings (SSSR count). The Morgan fingerprint density at radius 1 is 0.455 bits per heavy atom. The van der Waals surface area contributed by atoms with Gasteiger partial charge < -0.3 is 14.5 Å². The van der Waals surface area contributed by atoms with Gasteiger partial charge in [-0.25, -0.2) is 9.99 Å². The van der Waals surface area contributed by atoms with Gasteiger partial charge in [0.1, 0.15) is 11.0 Å². The largest absolute Gasteiger partial charge is 0.361 e. The maximum Gasteiger partial charge on any atom is 0.252 e. The zero-order valence-electron chi connectivity index (χ0n) is 44.7. The number of imidazole rings is 1. The summed E-state index contributed by atoms with van der Waals surface area (Å²) in [5.41, 5.74) is 17.2. The molecule has 0 atom stereocenters. The standard InChI is InChI=1S/C11H11N.C11H10.C10H10N2O.C10H9N.C9H9N.C8H8N2.C7H7N3/c1-10-4-6-11(7-5-10)12-8-2-3-9-12;1-9-6-7-10-4-2-3-5-11(10)8-9;1-8-2-4-9(5-3-8)12-10(13)6-7-11-12;1-8-4-2-5-9-6-3-7-11-10(8)9;1-7-3-2-4-9-8(7)5-6-10-9;1-6-2-3-7-8(4-6)10-5-9-7;1-5-2-3-6-7(4-5)9-10-8-6/h2-9H,1H3;2-8H,1H3;2-5,7H,6H2,1H3;2-7H,1H3;2-6,10H,1H3;2-5H,1H3,(H,9,10);2-4H,1H3,(H,8,9,10). The van der Waals surface area contributed by atoms with Gasteiger partial charge in [0.15, 0.2) is 0 Å². The number of H-pyrrole nitrogens is 3. The Kier molecular flexibility index (Phi) is 18.4. The minimum Gasteiger partial charge on any atom is -0.361 e. The molecule has 13 aromatic rings. The van der Waals surface area contributed by atoms with Gasteiger partial charge in [0.2, 0.25) is 0 Å². The third kappa shape index (κ3) is 15.2. The van der Waals surface area contributed by atoms with E-state index >= 15 is 0 Å². The van der Waals surface area contributed by atoms with Crippen molar-refractivity contribution < 1.29 is 4.79 Å². The Bertz CT molecular complexity index is 3880. The molecule has 0 saturated carbocycles. The molecule has 0 fully saturated rings. The van der Waals surface area contributed by atoms with E-state index in [1.807, 2.05) is 105 Å². The predicted octanol–water partition coefficient (Wildman–Crippen LogP) is 15.8. The number of anilines is 1. The number of hydrogen-bond donors (Lipinski definition) is 3. The van der Waals surface area contributed by atoms with Crippen LogP contribution < -0.4 is 5.01 Å². The monoisotopic (exact) mass is 1010 g/mol. The number of aryl methyl sites for hydroxylation is 7. The summed E-state index contributed by atoms with van der Waals surface area (Å²) < 4.78 is 2.10. The van der Waals surface area contributed by atoms with Crippen LogP contribution in [0.4, 0.5) is 5.69 Å². The first-order valence-corrected chi connectivity index (χ1v) is 25.5. The second kappa shape index (κ2) is 26.5. The van der Waals surface area contributed by atoms with Crippen molar-refractivity contribution in [1.82, 2.24) is 39.9 Å². The van der Waals surface area contributed by atoms with Crippen molar-refractivity contribution in [2.75, 3.05) is 5.01 Å². The van der Waals surface area contributed by atoms with E-state index in [9.17, 15) is 4.79 Å². The number of hydrogen-bond acceptors (Lipinski definition) is 6. The molecule has 8 aromatic carbocycles. The van der Waals surface area contributed by atoms with Crippen LogP contribution in [0.5, 0.6) is 0 Å². The number of hydrazone groups is 1. The molecule has 11 heteroatoms. The number of rotatable bonds is 2. The van der Waals surface area contributed by atoms with Gasteiger partial charge in [0.25, 0.3) is 5.91 Å². The first-order chi connectivity index (χ1) is 37.5. The van der Waals surface area contributed by atoms with Gasteiger partial charge in [-0.2, -0.15) is 20.5 Å². The molecule has 5 aromatic heterocycles. The fraction of sp³-hybridized carbons (Fsp3) is 0.121. The number of fused-ring (bicyclic) bond motifs is 5. The minimum absolute atomic E-state index is 0.0313. The smallest absolute Gasteiger partial charge is 0.252 e. The zero-order chi connectivity index (χ0) is 53.9. The van der Waals surface area contributed by atoms with E-state index in [1.165, 1.54) is 76.7 Å². The van der Waals surface area contributed by atoms with Crippen molar-refractivity contribution in [2.24, 2.45) is 5.10 Å². The molecule has 0 aliphatic carbocycles. The Hall–Kier alpha value is -9.74. The Morgan fingerprint density at radius 2 is 1.06 bits per heavy atom. The van der Waals surface area contributed by atoms with Crippen molar-refractivity contribution in [3.05, 3.63) is 264 Å². The first-order valence-electron chi connectivity index (χ1n) is 25.5. The number of nitrogens with one attached hydrogen (secondary N) is 3. The summed E-state index contributed by atoms with van der Waals surface area (Å²) in [6, 6.07) is 65.9. The summed E-state index contributed by atoms with van der Waals surface area (Å²) >= 11 is 0. The summed E-state index contributed by atoms with van der Waals surface area (Å²) in [4.78, 5) is 25.9. The Balaban J connectivity index is 0.000000119. The lowest BCUT2D eigenvalue weighted by Gasteiger charge is -2.11. The number of pyridine rings is 1. The molecule has 1 aliphatic heterocycles. The number of para-hydroxylation sites is 1. The van der Waals surface area contributed by atoms with Gasteiger partial charge in [-0.1, -0.05) is 132 Å². The number of carbonyl (C=O) groups excluding carboxylic acids is 1. The number of aromatic nitrogens is 8. The van der Waals surface area contributed by atoms with Crippen LogP contribution in [0.1, 0.15) is 45.4 Å². The molecule has 0 unspecified atom stereocenters. The minimum atomic E-state index is 0.0313. The van der Waals surface area contributed by atoms with Crippen molar-refractivity contribution in [2.45, 2.75) is 54.9 Å². The summed E-state index contributed by atoms with van der Waals surface area (Å²) in [6.07, 6.45) is 11.6. The highest BCUT2D eigenvalue weighted by atomic mass is 16.2. The molecule has 0 saturated heterocycles. The van der Waals surface area contributed by atoms with Gasteiger partial charge in [-0.15, -0.1) is 0 Å². The molecular weight excluding hydrogens is 949 g/mol. The van der Waals surface area contributed by atoms with E-state index in [-0.39, 0.29) is 5.91 Å². The van der Waals surface area contributed by atoms with Crippen LogP contribution in [-0.2, 0) is 4.79 Å². The molecule has 384 valence electrons. The van der Waals surface area contributed by atoms with Crippen molar-refractivity contribution >= 4 is 72.5 Å². The fourth-order valence-electron chi connectivity index (χ4n) is 8.28. The van der Waals surface area contributed by atoms with E-state index in [0.29, 0.717) is 6.42 Å². The van der Waals surface area contributed by atoms with Gasteiger partial charge in [0, 0.05) is 53.0 Å². The van der Waals surface area contributed by atoms with E-state index in [2.05, 4.69) is 207 Å². The van der Waals surface area contributed by atoms with E-state index in [0.717, 1.165) is 33.3 Å². The van der Waals surface area contributed by atoms with Gasteiger partial charge in [0.05, 0.1) is 35.0 Å². The van der Waals surface area contributed by atoms with E-state index < -0.39 is 0 Å². The third-order valence-corrected chi connectivity index (χ3v) is 12.5. The van der Waals surface area contributed by atoms with Crippen molar-refractivity contribution in [3.8, 4) is 5.69 Å². The van der Waals surface area contributed by atoms with Gasteiger partial charge in [-0.05, 0) is 160 Å². The normalized spacial score (nSPS) is 11.2. The lowest BCUT2D eigenvalue weighted by molar-refractivity contribution is -0.116. The van der Waals surface area contributed by atoms with Gasteiger partial charge >= 0.3 is 0 Å². The molecule has 0 spiro atoms. The number of nitrogens with zero attached hydrogens (tertiary/aromatic N) is 7. The number of aromatic amines is 3. The fourth-order valence-corrected chi connectivity index (χ4v) is 8.28. The highest BCUT2D eigenvalue weighted by Gasteiger charge is 2.17. The molecule has 3 N–H and O–H groups in total. The maximum absolute atomic E-state index is 11.3. The highest BCUT2D eigenvalue weighted by Crippen LogP contribution is 2.20. The molecule has 1 amide bonds. The lowest BCUT2D eigenvalue weighted by atomic mass is 10.1. The van der Waals surface area contributed by atoms with Crippen LogP contribution in [0.15, 0.2) is 230 Å². The van der Waals surface area contributed by atoms with Crippen LogP contribution in [0.3, 0.4) is 0 Å². The molecule has 11 nitrogen and oxygen atoms in total. The molecule has 0 radical (unpaired) electrons. The van der Waals surface area contributed by atoms with Crippen LogP contribution >= 0.6 is 0 Å². The van der Waals surface area contributed by atoms with E-state index in [4.69, 9.17) is 0 Å². The SMILES string of the molecule is Cc1ccc(-n2cccc2)cc1.Cc1ccc(N2N=CCC2=O)cc1.Cc1ccc2ccccc2c1.Cc1ccc2n[nH]nc2c1.Cc1ccc2nc[nH]c2c1.Cc1cccc2[nH]ccc12.Cc1cccc2cccnc12. The van der Waals surface area contributed by atoms with Crippen LogP contribution in [0, 0.1) is 48.5 Å². The number of amides is 1. The molecule has 0 bridgehead atoms. The summed E-state index contributed by atoms with van der Waals surface area (Å²) in [5, 5.41) is 21.0. The molecule has 1 aliphatic rings. The maximum atomic E-state index is 11.3. The number of carbonyl (C=O) groups is 1. The van der Waals surface area contributed by atoms with Crippen LogP contribution in [0.2, 0.25) is 0 Å². The quantitative estimate of drug-likeness (QED) is 0.158. The van der Waals surface area contributed by atoms with Crippen molar-refractivity contribution in [1.29, 1.82) is 0 Å². The second-order valence-electron chi connectivity index (χ2n) is 18.7. The molecule has 6 heterocycles. The van der Waals surface area contributed by atoms with Crippen LogP contribution in [0.25, 0.3) is 60.3 Å². The van der Waals surface area contributed by atoms with Crippen LogP contribution in [-0.4, -0.2) is 52.0 Å². The number of benzene rings is 8. The Labute approximate surface area is 450 Å². The van der Waals surface area contributed by atoms with E-state index in [1.54, 1.807) is 12.5 Å². The summed E-state index contributed by atoms with van der Waals surface area (Å²) in [6.45, 7) is 14.5. The van der Waals surface area contributed by atoms with Crippen molar-refractivity contribution in [3.63, 3.8) is 0 Å². The predicted molar refractivity (Wildman–Crippen MR) is 320 cm³/mol. The first kappa shape index (κ1) is 53.5. The third-order valence-electron chi connectivity index (χ3n) is 12.5. The highest BCUT2D eigenvalue weighted by molar-refractivity contribution is 6.05. The average Bonchev–Trinajstić information content (AvgIpc) is 4.33. The second-order valence-corrected chi connectivity index (χ2v) is 18.7. The molecule has 77 heavy (non-hydrogen) atoms. The van der Waals surface area contributed by atoms with Gasteiger partial charge in [-0.3, -0.25) is 9.78 Å². The summed E-state index contributed by atoms with van der Waals surface area (Å²) in [5.74, 6) is 0.0313. The zero-order valence-corrected chi connectivity index (χ0v) is 44.7. The topological polar surface area (TPSA) is 137 Å². The molecular formula is C66H64N10O. The summed E-state index contributed by atoms with van der Waals surface area (Å²) in [7, 11) is 0. The lowest BCUT2D eigenvalue weighted by Crippen LogP contribution is -2.19. The Morgan fingerprint density at radius 3 is 1.78 bits per heavy atom. The average molecular weight is 1010 g/mol.